The smallest absolute Gasteiger partial charge is 0.213 e. The standard InChI is InChI=1S/C12H20N4O2/c1-12(2,11(13)16-17)6-7-14-9-4-5-10(18-3)15-8-9/h4-5,8,14,17H,6-7H2,1-3H3,(H2,13,16). The van der Waals surface area contributed by atoms with Gasteiger partial charge < -0.3 is 21.0 Å². The van der Waals surface area contributed by atoms with E-state index in [1.807, 2.05) is 19.9 Å². The van der Waals surface area contributed by atoms with Gasteiger partial charge in [-0.25, -0.2) is 4.98 Å². The molecular weight excluding hydrogens is 232 g/mol. The van der Waals surface area contributed by atoms with E-state index in [4.69, 9.17) is 15.7 Å². The van der Waals surface area contributed by atoms with Gasteiger partial charge in [0, 0.05) is 18.0 Å². The highest BCUT2D eigenvalue weighted by Gasteiger charge is 2.22. The van der Waals surface area contributed by atoms with Gasteiger partial charge in [0.2, 0.25) is 5.88 Å². The van der Waals surface area contributed by atoms with E-state index >= 15 is 0 Å². The summed E-state index contributed by atoms with van der Waals surface area (Å²) in [6.45, 7) is 4.56. The Balaban J connectivity index is 2.46. The van der Waals surface area contributed by atoms with Crippen LogP contribution in [0, 0.1) is 5.41 Å². The van der Waals surface area contributed by atoms with Gasteiger partial charge in [0.15, 0.2) is 0 Å². The zero-order valence-electron chi connectivity index (χ0n) is 11.0. The Bertz CT molecular complexity index is 401. The van der Waals surface area contributed by atoms with Crippen LogP contribution in [0.2, 0.25) is 0 Å². The molecule has 0 aliphatic rings. The van der Waals surface area contributed by atoms with Crippen LogP contribution in [0.5, 0.6) is 5.88 Å². The molecule has 1 aromatic heterocycles. The maximum atomic E-state index is 8.66. The highest BCUT2D eigenvalue weighted by atomic mass is 16.5. The second kappa shape index (κ2) is 6.09. The first-order chi connectivity index (χ1) is 8.49. The molecule has 18 heavy (non-hydrogen) atoms. The molecular formula is C12H20N4O2. The molecule has 1 aromatic rings. The van der Waals surface area contributed by atoms with Crippen molar-refractivity contribution in [2.75, 3.05) is 19.0 Å². The van der Waals surface area contributed by atoms with Crippen molar-refractivity contribution in [3.63, 3.8) is 0 Å². The number of aromatic nitrogens is 1. The molecule has 100 valence electrons. The van der Waals surface area contributed by atoms with Crippen LogP contribution >= 0.6 is 0 Å². The van der Waals surface area contributed by atoms with Crippen LogP contribution in [0.3, 0.4) is 0 Å². The fourth-order valence-electron chi connectivity index (χ4n) is 1.39. The minimum absolute atomic E-state index is 0.233. The summed E-state index contributed by atoms with van der Waals surface area (Å²) in [5.74, 6) is 0.815. The van der Waals surface area contributed by atoms with Crippen LogP contribution < -0.4 is 15.8 Å². The van der Waals surface area contributed by atoms with Gasteiger partial charge >= 0.3 is 0 Å². The minimum Gasteiger partial charge on any atom is -0.481 e. The number of ether oxygens (including phenoxy) is 1. The summed E-state index contributed by atoms with van der Waals surface area (Å²) < 4.78 is 4.97. The van der Waals surface area contributed by atoms with E-state index in [-0.39, 0.29) is 11.3 Å². The van der Waals surface area contributed by atoms with Crippen molar-refractivity contribution in [1.82, 2.24) is 4.98 Å². The second-order valence-electron chi connectivity index (χ2n) is 4.64. The van der Waals surface area contributed by atoms with Crippen LogP contribution in [-0.4, -0.2) is 29.7 Å². The van der Waals surface area contributed by atoms with Gasteiger partial charge in [-0.2, -0.15) is 0 Å². The Hall–Kier alpha value is -1.98. The average molecular weight is 252 g/mol. The first-order valence-corrected chi connectivity index (χ1v) is 5.71. The van der Waals surface area contributed by atoms with Crippen molar-refractivity contribution in [2.24, 2.45) is 16.3 Å². The highest BCUT2D eigenvalue weighted by molar-refractivity contribution is 5.85. The first kappa shape index (κ1) is 14.1. The van der Waals surface area contributed by atoms with Gasteiger partial charge in [-0.15, -0.1) is 0 Å². The molecule has 6 nitrogen and oxygen atoms in total. The number of anilines is 1. The highest BCUT2D eigenvalue weighted by Crippen LogP contribution is 2.20. The monoisotopic (exact) mass is 252 g/mol. The van der Waals surface area contributed by atoms with E-state index in [1.54, 1.807) is 19.4 Å². The van der Waals surface area contributed by atoms with Gasteiger partial charge in [0.25, 0.3) is 0 Å². The maximum absolute atomic E-state index is 8.66. The molecule has 0 aromatic carbocycles. The number of methoxy groups -OCH3 is 1. The van der Waals surface area contributed by atoms with E-state index < -0.39 is 0 Å². The first-order valence-electron chi connectivity index (χ1n) is 5.71. The van der Waals surface area contributed by atoms with Crippen LogP contribution in [0.15, 0.2) is 23.5 Å². The topological polar surface area (TPSA) is 92.8 Å². The Kier molecular flexibility index (Phi) is 4.76. The molecule has 0 aliphatic carbocycles. The summed E-state index contributed by atoms with van der Waals surface area (Å²) in [4.78, 5) is 4.09. The fraction of sp³-hybridized carbons (Fsp3) is 0.500. The molecule has 0 amide bonds. The lowest BCUT2D eigenvalue weighted by Gasteiger charge is -2.22. The predicted molar refractivity (Wildman–Crippen MR) is 71.1 cm³/mol. The van der Waals surface area contributed by atoms with Crippen molar-refractivity contribution >= 4 is 11.5 Å². The van der Waals surface area contributed by atoms with E-state index in [9.17, 15) is 0 Å². The molecule has 6 heteroatoms. The lowest BCUT2D eigenvalue weighted by molar-refractivity contribution is 0.306. The zero-order valence-corrected chi connectivity index (χ0v) is 11.0. The van der Waals surface area contributed by atoms with E-state index in [1.165, 1.54) is 0 Å². The van der Waals surface area contributed by atoms with E-state index in [0.717, 1.165) is 12.1 Å². The number of nitrogens with two attached hydrogens (primary N) is 1. The molecule has 0 atom stereocenters. The fourth-order valence-corrected chi connectivity index (χ4v) is 1.39. The third kappa shape index (κ3) is 3.80. The third-order valence-electron chi connectivity index (χ3n) is 2.83. The molecule has 1 heterocycles. The van der Waals surface area contributed by atoms with Crippen molar-refractivity contribution in [1.29, 1.82) is 0 Å². The SMILES string of the molecule is COc1ccc(NCCC(C)(C)C(N)=NO)cn1. The number of hydrogen-bond acceptors (Lipinski definition) is 5. The average Bonchev–Trinajstić information content (AvgIpc) is 2.38. The number of nitrogens with zero attached hydrogens (tertiary/aromatic N) is 2. The van der Waals surface area contributed by atoms with Crippen LogP contribution in [0.25, 0.3) is 0 Å². The lowest BCUT2D eigenvalue weighted by Crippen LogP contribution is -2.33. The van der Waals surface area contributed by atoms with E-state index in [0.29, 0.717) is 12.4 Å². The van der Waals surface area contributed by atoms with Crippen LogP contribution in [0.4, 0.5) is 5.69 Å². The molecule has 1 rings (SSSR count). The van der Waals surface area contributed by atoms with Gasteiger partial charge in [0.1, 0.15) is 5.84 Å². The minimum atomic E-state index is -0.346. The normalized spacial score (nSPS) is 12.3. The largest absolute Gasteiger partial charge is 0.481 e. The molecule has 0 spiro atoms. The van der Waals surface area contributed by atoms with Gasteiger partial charge in [-0.1, -0.05) is 19.0 Å². The summed E-state index contributed by atoms with van der Waals surface area (Å²) in [6, 6.07) is 3.68. The predicted octanol–water partition coefficient (Wildman–Crippen LogP) is 1.66. The molecule has 4 N–H and O–H groups in total. The van der Waals surface area contributed by atoms with Crippen molar-refractivity contribution in [3.8, 4) is 5.88 Å². The summed E-state index contributed by atoms with van der Waals surface area (Å²) in [5, 5.41) is 14.9. The maximum Gasteiger partial charge on any atom is 0.213 e. The Morgan fingerprint density at radius 2 is 2.28 bits per heavy atom. The zero-order chi connectivity index (χ0) is 13.6. The Morgan fingerprint density at radius 3 is 2.78 bits per heavy atom. The van der Waals surface area contributed by atoms with Gasteiger partial charge in [0.05, 0.1) is 19.0 Å². The molecule has 0 fully saturated rings. The number of oxime groups is 1. The van der Waals surface area contributed by atoms with Gasteiger partial charge in [-0.3, -0.25) is 0 Å². The lowest BCUT2D eigenvalue weighted by atomic mass is 9.88. The summed E-state index contributed by atoms with van der Waals surface area (Å²) in [5.41, 5.74) is 6.17. The molecule has 0 radical (unpaired) electrons. The third-order valence-corrected chi connectivity index (χ3v) is 2.83. The number of rotatable bonds is 6. The molecule has 0 unspecified atom stereocenters. The van der Waals surface area contributed by atoms with Gasteiger partial charge in [-0.05, 0) is 12.5 Å². The summed E-state index contributed by atoms with van der Waals surface area (Å²) >= 11 is 0. The summed E-state index contributed by atoms with van der Waals surface area (Å²) in [6.07, 6.45) is 2.45. The Labute approximate surface area is 107 Å². The second-order valence-corrected chi connectivity index (χ2v) is 4.64. The number of hydrogen-bond donors (Lipinski definition) is 3. The van der Waals surface area contributed by atoms with Crippen molar-refractivity contribution in [3.05, 3.63) is 18.3 Å². The molecule has 0 aliphatic heterocycles. The van der Waals surface area contributed by atoms with E-state index in [2.05, 4.69) is 15.5 Å². The van der Waals surface area contributed by atoms with Crippen molar-refractivity contribution in [2.45, 2.75) is 20.3 Å². The Morgan fingerprint density at radius 1 is 1.56 bits per heavy atom. The number of nitrogens with one attached hydrogen (secondary N) is 1. The molecule has 0 saturated carbocycles. The molecule has 0 saturated heterocycles. The van der Waals surface area contributed by atoms with Crippen LogP contribution in [0.1, 0.15) is 20.3 Å². The number of pyridine rings is 1. The number of amidine groups is 1. The van der Waals surface area contributed by atoms with Crippen LogP contribution in [-0.2, 0) is 0 Å². The van der Waals surface area contributed by atoms with Crippen molar-refractivity contribution < 1.29 is 9.94 Å². The quantitative estimate of drug-likeness (QED) is 0.310. The summed E-state index contributed by atoms with van der Waals surface area (Å²) in [7, 11) is 1.58. The molecule has 0 bridgehead atoms.